The monoisotopic (exact) mass is 457 g/mol. The van der Waals surface area contributed by atoms with Crippen LogP contribution in [0.25, 0.3) is 10.9 Å². The minimum absolute atomic E-state index is 0.169. The predicted molar refractivity (Wildman–Crippen MR) is 124 cm³/mol. The number of pyridine rings is 1. The lowest BCUT2D eigenvalue weighted by atomic mass is 9.72. The molecule has 172 valence electrons. The smallest absolute Gasteiger partial charge is 0.223 e. The minimum Gasteiger partial charge on any atom is -0.353 e. The van der Waals surface area contributed by atoms with E-state index < -0.39 is 10.0 Å². The van der Waals surface area contributed by atoms with Crippen LogP contribution in [-0.2, 0) is 10.0 Å². The minimum atomic E-state index is -3.12. The maximum absolute atomic E-state index is 11.8. The molecule has 1 spiro atoms. The number of aryl methyl sites for hydroxylation is 1. The molecule has 0 unspecified atom stereocenters. The average molecular weight is 458 g/mol. The Morgan fingerprint density at radius 2 is 1.78 bits per heavy atom. The highest BCUT2D eigenvalue weighted by Gasteiger charge is 2.55. The summed E-state index contributed by atoms with van der Waals surface area (Å²) >= 11 is 0. The fourth-order valence-electron chi connectivity index (χ4n) is 5.58. The van der Waals surface area contributed by atoms with E-state index in [4.69, 9.17) is 9.97 Å². The lowest BCUT2D eigenvalue weighted by Crippen LogP contribution is -2.72. The van der Waals surface area contributed by atoms with E-state index in [1.165, 1.54) is 32.2 Å². The number of rotatable bonds is 5. The van der Waals surface area contributed by atoms with E-state index >= 15 is 0 Å². The molecule has 0 aromatic carbocycles. The van der Waals surface area contributed by atoms with Crippen molar-refractivity contribution >= 4 is 32.7 Å². The Morgan fingerprint density at radius 1 is 1.06 bits per heavy atom. The number of sulfonamides is 1. The first kappa shape index (κ1) is 20.6. The predicted octanol–water partition coefficient (Wildman–Crippen LogP) is 1.45. The topological polar surface area (TPSA) is 94.6 Å². The number of hydrogen-bond acceptors (Lipinski definition) is 8. The fourth-order valence-corrected chi connectivity index (χ4v) is 6.46. The third kappa shape index (κ3) is 3.72. The number of nitrogens with one attached hydrogen (secondary N) is 1. The van der Waals surface area contributed by atoms with E-state index in [9.17, 15) is 8.42 Å². The molecule has 4 aliphatic rings. The van der Waals surface area contributed by atoms with Crippen LogP contribution < -0.4 is 10.2 Å². The zero-order valence-electron chi connectivity index (χ0n) is 18.8. The van der Waals surface area contributed by atoms with Crippen molar-refractivity contribution < 1.29 is 8.42 Å². The normalized spacial score (nSPS) is 24.5. The van der Waals surface area contributed by atoms with Crippen molar-refractivity contribution in [3.05, 3.63) is 18.0 Å². The molecule has 0 radical (unpaired) electrons. The molecule has 3 saturated heterocycles. The van der Waals surface area contributed by atoms with E-state index in [1.807, 2.05) is 19.2 Å². The van der Waals surface area contributed by atoms with Crippen LogP contribution in [0.4, 0.5) is 11.8 Å². The molecule has 0 bridgehead atoms. The molecule has 6 rings (SSSR count). The summed E-state index contributed by atoms with van der Waals surface area (Å²) < 4.78 is 25.0. The standard InChI is InChI=1S/C22H31N7O2S/c1-15-9-16-10-23-21(25-17-5-7-29(8-6-17)32(2,30)31)26-19(16)20(24-15)28-13-22(14-28)11-27(12-22)18-3-4-18/h9-10,17-18H,3-8,11-14H2,1-2H3,(H,23,25,26). The Hall–Kier alpha value is -2.04. The summed E-state index contributed by atoms with van der Waals surface area (Å²) in [6, 6.07) is 3.07. The molecule has 10 heteroatoms. The van der Waals surface area contributed by atoms with Crippen LogP contribution in [0.15, 0.2) is 12.3 Å². The van der Waals surface area contributed by atoms with Gasteiger partial charge in [-0.05, 0) is 38.7 Å². The second-order valence-corrected chi connectivity index (χ2v) is 12.3. The second kappa shape index (κ2) is 7.23. The third-order valence-corrected chi connectivity index (χ3v) is 8.73. The average Bonchev–Trinajstić information content (AvgIpc) is 3.51. The zero-order chi connectivity index (χ0) is 22.1. The van der Waals surface area contributed by atoms with Crippen LogP contribution in [0.3, 0.4) is 0 Å². The van der Waals surface area contributed by atoms with E-state index in [0.717, 1.165) is 54.4 Å². The number of nitrogens with zero attached hydrogens (tertiary/aromatic N) is 6. The molecule has 2 aromatic heterocycles. The van der Waals surface area contributed by atoms with E-state index in [0.29, 0.717) is 24.5 Å². The van der Waals surface area contributed by atoms with Crippen molar-refractivity contribution in [2.45, 2.75) is 44.7 Å². The maximum Gasteiger partial charge on any atom is 0.223 e. The first-order valence-electron chi connectivity index (χ1n) is 11.6. The lowest BCUT2D eigenvalue weighted by Gasteiger charge is -2.61. The summed E-state index contributed by atoms with van der Waals surface area (Å²) in [5, 5.41) is 4.44. The molecule has 0 atom stereocenters. The van der Waals surface area contributed by atoms with E-state index in [1.54, 1.807) is 4.31 Å². The molecular weight excluding hydrogens is 426 g/mol. The van der Waals surface area contributed by atoms with Gasteiger partial charge >= 0.3 is 0 Å². The fraction of sp³-hybridized carbons (Fsp3) is 0.682. The van der Waals surface area contributed by atoms with Crippen molar-refractivity contribution in [2.24, 2.45) is 5.41 Å². The number of piperidine rings is 1. The highest BCUT2D eigenvalue weighted by Crippen LogP contribution is 2.46. The molecule has 1 N–H and O–H groups in total. The lowest BCUT2D eigenvalue weighted by molar-refractivity contribution is -0.0277. The Kier molecular flexibility index (Phi) is 4.64. The summed E-state index contributed by atoms with van der Waals surface area (Å²) in [6.45, 7) is 7.65. The number of aromatic nitrogens is 3. The Bertz CT molecular complexity index is 1140. The highest BCUT2D eigenvalue weighted by atomic mass is 32.2. The quantitative estimate of drug-likeness (QED) is 0.721. The van der Waals surface area contributed by atoms with Gasteiger partial charge in [-0.1, -0.05) is 0 Å². The summed E-state index contributed by atoms with van der Waals surface area (Å²) in [4.78, 5) is 19.3. The van der Waals surface area contributed by atoms with Crippen molar-refractivity contribution in [1.82, 2.24) is 24.2 Å². The Labute approximate surface area is 189 Å². The van der Waals surface area contributed by atoms with Crippen molar-refractivity contribution in [2.75, 3.05) is 55.7 Å². The molecule has 1 aliphatic carbocycles. The molecular formula is C22H31N7O2S. The number of hydrogen-bond donors (Lipinski definition) is 1. The van der Waals surface area contributed by atoms with Crippen LogP contribution in [0.1, 0.15) is 31.4 Å². The molecule has 5 heterocycles. The number of anilines is 2. The molecule has 4 fully saturated rings. The first-order valence-corrected chi connectivity index (χ1v) is 13.5. The third-order valence-electron chi connectivity index (χ3n) is 7.42. The van der Waals surface area contributed by atoms with Crippen LogP contribution in [0.2, 0.25) is 0 Å². The van der Waals surface area contributed by atoms with Crippen LogP contribution in [0, 0.1) is 12.3 Å². The van der Waals surface area contributed by atoms with Gasteiger partial charge in [0.25, 0.3) is 0 Å². The van der Waals surface area contributed by atoms with Gasteiger partial charge < -0.3 is 10.2 Å². The van der Waals surface area contributed by atoms with Gasteiger partial charge in [0.15, 0.2) is 5.82 Å². The number of fused-ring (bicyclic) bond motifs is 1. The van der Waals surface area contributed by atoms with Crippen LogP contribution in [0.5, 0.6) is 0 Å². The Morgan fingerprint density at radius 3 is 2.44 bits per heavy atom. The van der Waals surface area contributed by atoms with Gasteiger partial charge in [-0.2, -0.15) is 0 Å². The second-order valence-electron chi connectivity index (χ2n) is 10.3. The van der Waals surface area contributed by atoms with Crippen molar-refractivity contribution in [1.29, 1.82) is 0 Å². The van der Waals surface area contributed by atoms with Crippen LogP contribution >= 0.6 is 0 Å². The molecule has 2 aromatic rings. The van der Waals surface area contributed by atoms with Crippen molar-refractivity contribution in [3.8, 4) is 0 Å². The summed E-state index contributed by atoms with van der Waals surface area (Å²) in [6.07, 6.45) is 7.41. The van der Waals surface area contributed by atoms with Gasteiger partial charge in [-0.15, -0.1) is 0 Å². The van der Waals surface area contributed by atoms with E-state index in [-0.39, 0.29) is 6.04 Å². The maximum atomic E-state index is 11.8. The largest absolute Gasteiger partial charge is 0.353 e. The molecule has 0 amide bonds. The summed E-state index contributed by atoms with van der Waals surface area (Å²) in [7, 11) is -3.12. The SMILES string of the molecule is Cc1cc2cnc(NC3CCN(S(C)(=O)=O)CC3)nc2c(N2CC3(C2)CN(C2CC2)C3)n1. The number of likely N-dealkylation sites (tertiary alicyclic amines) is 1. The molecule has 9 nitrogen and oxygen atoms in total. The first-order chi connectivity index (χ1) is 15.3. The van der Waals surface area contributed by atoms with Gasteiger partial charge in [0.2, 0.25) is 16.0 Å². The van der Waals surface area contributed by atoms with Crippen LogP contribution in [-0.4, -0.2) is 90.2 Å². The summed E-state index contributed by atoms with van der Waals surface area (Å²) in [5.41, 5.74) is 2.33. The van der Waals surface area contributed by atoms with Gasteiger partial charge in [-0.25, -0.2) is 27.7 Å². The van der Waals surface area contributed by atoms with Crippen molar-refractivity contribution in [3.63, 3.8) is 0 Å². The summed E-state index contributed by atoms with van der Waals surface area (Å²) in [5.74, 6) is 1.56. The van der Waals surface area contributed by atoms with Gasteiger partial charge in [0, 0.05) is 74.0 Å². The van der Waals surface area contributed by atoms with E-state index in [2.05, 4.69) is 20.1 Å². The Balaban J connectivity index is 1.17. The molecule has 1 saturated carbocycles. The van der Waals surface area contributed by atoms with Gasteiger partial charge in [0.05, 0.1) is 6.26 Å². The molecule has 32 heavy (non-hydrogen) atoms. The highest BCUT2D eigenvalue weighted by molar-refractivity contribution is 7.88. The zero-order valence-corrected chi connectivity index (χ0v) is 19.6. The molecule has 3 aliphatic heterocycles. The van der Waals surface area contributed by atoms with Gasteiger partial charge in [-0.3, -0.25) is 4.90 Å². The van der Waals surface area contributed by atoms with Gasteiger partial charge in [0.1, 0.15) is 5.52 Å².